The lowest BCUT2D eigenvalue weighted by Gasteiger charge is -2.16. The quantitative estimate of drug-likeness (QED) is 0.853. The zero-order chi connectivity index (χ0) is 12.3. The number of alkyl halides is 4. The molecule has 0 aliphatic rings. The van der Waals surface area contributed by atoms with Crippen LogP contribution in [0.4, 0.5) is 23.4 Å². The van der Waals surface area contributed by atoms with Crippen LogP contribution in [-0.2, 0) is 0 Å². The van der Waals surface area contributed by atoms with Crippen LogP contribution >= 0.6 is 27.5 Å². The topological polar surface area (TPSA) is 24.9 Å². The van der Waals surface area contributed by atoms with Gasteiger partial charge in [0.25, 0.3) is 0 Å². The molecule has 0 fully saturated rings. The Hall–Kier alpha value is -0.560. The fourth-order valence-corrected chi connectivity index (χ4v) is 1.52. The molecule has 2 nitrogen and oxygen atoms in total. The van der Waals surface area contributed by atoms with E-state index in [0.717, 1.165) is 0 Å². The lowest BCUT2D eigenvalue weighted by atomic mass is 10.3. The number of halogens is 6. The number of rotatable bonds is 4. The summed E-state index contributed by atoms with van der Waals surface area (Å²) >= 11 is 8.72. The average molecular weight is 321 g/mol. The molecule has 0 aliphatic heterocycles. The van der Waals surface area contributed by atoms with Gasteiger partial charge in [0.15, 0.2) is 0 Å². The van der Waals surface area contributed by atoms with Gasteiger partial charge in [-0.3, -0.25) is 0 Å². The summed E-state index contributed by atoms with van der Waals surface area (Å²) in [6.45, 7) is -1.22. The fourth-order valence-electron chi connectivity index (χ4n) is 0.823. The van der Waals surface area contributed by atoms with Crippen molar-refractivity contribution in [2.45, 2.75) is 12.3 Å². The van der Waals surface area contributed by atoms with E-state index in [1.807, 2.05) is 0 Å². The molecule has 1 N–H and O–H groups in total. The first-order valence-electron chi connectivity index (χ1n) is 4.04. The van der Waals surface area contributed by atoms with E-state index < -0.39 is 18.9 Å². The third-order valence-corrected chi connectivity index (χ3v) is 2.34. The summed E-state index contributed by atoms with van der Waals surface area (Å²) in [4.78, 5) is 3.67. The number of aromatic nitrogens is 1. The second-order valence-corrected chi connectivity index (χ2v) is 4.22. The van der Waals surface area contributed by atoms with Gasteiger partial charge < -0.3 is 5.32 Å². The first-order valence-corrected chi connectivity index (χ1v) is 5.21. The van der Waals surface area contributed by atoms with Gasteiger partial charge >= 0.3 is 12.3 Å². The highest BCUT2D eigenvalue weighted by Gasteiger charge is 2.40. The van der Waals surface area contributed by atoms with Crippen LogP contribution in [0.1, 0.15) is 0 Å². The van der Waals surface area contributed by atoms with Crippen LogP contribution in [0.3, 0.4) is 0 Å². The van der Waals surface area contributed by atoms with Gasteiger partial charge in [-0.1, -0.05) is 11.6 Å². The first-order chi connectivity index (χ1) is 7.33. The van der Waals surface area contributed by atoms with Crippen molar-refractivity contribution in [2.75, 3.05) is 11.9 Å². The Balaban J connectivity index is 2.68. The van der Waals surface area contributed by atoms with E-state index in [1.54, 1.807) is 0 Å². The van der Waals surface area contributed by atoms with Crippen LogP contribution in [-0.4, -0.2) is 23.9 Å². The van der Waals surface area contributed by atoms with Crippen LogP contribution in [0.5, 0.6) is 0 Å². The van der Waals surface area contributed by atoms with Crippen molar-refractivity contribution < 1.29 is 17.6 Å². The molecular weight excluding hydrogens is 315 g/mol. The van der Waals surface area contributed by atoms with Gasteiger partial charge in [-0.2, -0.15) is 8.78 Å². The predicted octanol–water partition coefficient (Wildman–Crippen LogP) is 3.81. The minimum absolute atomic E-state index is 0.0646. The minimum Gasteiger partial charge on any atom is -0.363 e. The van der Waals surface area contributed by atoms with Gasteiger partial charge in [0.1, 0.15) is 5.82 Å². The molecule has 0 bridgehead atoms. The molecule has 1 rings (SSSR count). The van der Waals surface area contributed by atoms with Crippen molar-refractivity contribution in [3.05, 3.63) is 21.8 Å². The molecule has 0 saturated carbocycles. The number of anilines is 1. The predicted molar refractivity (Wildman–Crippen MR) is 56.4 cm³/mol. The summed E-state index contributed by atoms with van der Waals surface area (Å²) in [5.41, 5.74) is 0. The molecule has 0 saturated heterocycles. The maximum Gasteiger partial charge on any atom is 0.324 e. The van der Waals surface area contributed by atoms with Crippen molar-refractivity contribution in [3.63, 3.8) is 0 Å². The maximum absolute atomic E-state index is 12.6. The Kier molecular flexibility index (Phi) is 4.37. The van der Waals surface area contributed by atoms with Gasteiger partial charge in [0.05, 0.1) is 11.6 Å². The van der Waals surface area contributed by atoms with Crippen molar-refractivity contribution in [3.8, 4) is 0 Å². The highest BCUT2D eigenvalue weighted by Crippen LogP contribution is 2.26. The molecule has 0 aliphatic carbocycles. The Morgan fingerprint density at radius 3 is 2.62 bits per heavy atom. The molecule has 16 heavy (non-hydrogen) atoms. The number of hydrogen-bond donors (Lipinski definition) is 1. The maximum atomic E-state index is 12.6. The van der Waals surface area contributed by atoms with Gasteiger partial charge in [-0.15, -0.1) is 0 Å². The lowest BCUT2D eigenvalue weighted by molar-refractivity contribution is -0.117. The normalized spacial score (nSPS) is 11.9. The second-order valence-electron chi connectivity index (χ2n) is 2.90. The highest BCUT2D eigenvalue weighted by atomic mass is 79.9. The Morgan fingerprint density at radius 2 is 2.12 bits per heavy atom. The van der Waals surface area contributed by atoms with Gasteiger partial charge in [0, 0.05) is 10.7 Å². The van der Waals surface area contributed by atoms with Crippen molar-refractivity contribution in [1.82, 2.24) is 4.98 Å². The largest absolute Gasteiger partial charge is 0.363 e. The van der Waals surface area contributed by atoms with E-state index in [9.17, 15) is 17.6 Å². The summed E-state index contributed by atoms with van der Waals surface area (Å²) < 4.78 is 49.3. The van der Waals surface area contributed by atoms with Crippen molar-refractivity contribution in [2.24, 2.45) is 0 Å². The minimum atomic E-state index is -4.11. The Labute approximate surface area is 102 Å². The van der Waals surface area contributed by atoms with Gasteiger partial charge in [0.2, 0.25) is 0 Å². The van der Waals surface area contributed by atoms with E-state index in [-0.39, 0.29) is 10.8 Å². The molecule has 0 aromatic carbocycles. The SMILES string of the molecule is FC(F)C(F)(F)CNc1ncc(Br)cc1Cl. The molecule has 0 radical (unpaired) electrons. The summed E-state index contributed by atoms with van der Waals surface area (Å²) in [7, 11) is 0. The van der Waals surface area contributed by atoms with Crippen molar-refractivity contribution >= 4 is 33.3 Å². The summed E-state index contributed by atoms with van der Waals surface area (Å²) in [6.07, 6.45) is -2.41. The van der Waals surface area contributed by atoms with Crippen LogP contribution in [0, 0.1) is 0 Å². The summed E-state index contributed by atoms with van der Waals surface area (Å²) in [6, 6.07) is 1.41. The molecular formula is C8H6BrClF4N2. The Bertz CT molecular complexity index is 375. The molecule has 0 spiro atoms. The standard InChI is InChI=1S/C8H6BrClF4N2/c9-4-1-5(10)6(15-2-4)16-3-8(13,14)7(11)12/h1-2,7H,3H2,(H,15,16). The fraction of sp³-hybridized carbons (Fsp3) is 0.375. The molecule has 1 heterocycles. The number of nitrogens with zero attached hydrogens (tertiary/aromatic N) is 1. The molecule has 0 unspecified atom stereocenters. The summed E-state index contributed by atoms with van der Waals surface area (Å²) in [5.74, 6) is -4.18. The molecule has 0 atom stereocenters. The number of hydrogen-bond acceptors (Lipinski definition) is 2. The van der Waals surface area contributed by atoms with E-state index in [0.29, 0.717) is 4.47 Å². The highest BCUT2D eigenvalue weighted by molar-refractivity contribution is 9.10. The molecule has 1 aromatic heterocycles. The number of pyridine rings is 1. The smallest absolute Gasteiger partial charge is 0.324 e. The van der Waals surface area contributed by atoms with E-state index in [4.69, 9.17) is 11.6 Å². The zero-order valence-corrected chi connectivity index (χ0v) is 10.00. The van der Waals surface area contributed by atoms with Gasteiger partial charge in [-0.25, -0.2) is 13.8 Å². The average Bonchev–Trinajstić information content (AvgIpc) is 2.16. The van der Waals surface area contributed by atoms with Crippen molar-refractivity contribution in [1.29, 1.82) is 0 Å². The second kappa shape index (κ2) is 5.18. The van der Waals surface area contributed by atoms with Crippen LogP contribution in [0.2, 0.25) is 5.02 Å². The zero-order valence-electron chi connectivity index (χ0n) is 7.65. The number of nitrogens with one attached hydrogen (secondary N) is 1. The first kappa shape index (κ1) is 13.5. The third kappa shape index (κ3) is 3.48. The molecule has 8 heteroatoms. The van der Waals surface area contributed by atoms with Crippen LogP contribution < -0.4 is 5.32 Å². The van der Waals surface area contributed by atoms with Gasteiger partial charge in [-0.05, 0) is 22.0 Å². The molecule has 1 aromatic rings. The van der Waals surface area contributed by atoms with E-state index >= 15 is 0 Å². The lowest BCUT2D eigenvalue weighted by Crippen LogP contribution is -2.35. The van der Waals surface area contributed by atoms with Crippen LogP contribution in [0.15, 0.2) is 16.7 Å². The monoisotopic (exact) mass is 320 g/mol. The molecule has 0 amide bonds. The van der Waals surface area contributed by atoms with E-state index in [2.05, 4.69) is 26.2 Å². The van der Waals surface area contributed by atoms with E-state index in [1.165, 1.54) is 12.3 Å². The molecule has 90 valence electrons. The summed E-state index contributed by atoms with van der Waals surface area (Å²) in [5, 5.41) is 2.14. The van der Waals surface area contributed by atoms with Crippen LogP contribution in [0.25, 0.3) is 0 Å². The Morgan fingerprint density at radius 1 is 1.50 bits per heavy atom. The third-order valence-electron chi connectivity index (χ3n) is 1.62.